The minimum absolute atomic E-state index is 0.00730. The van der Waals surface area contributed by atoms with Crippen molar-refractivity contribution in [1.29, 1.82) is 0 Å². The minimum atomic E-state index is -0.144. The maximum atomic E-state index is 12.8. The van der Waals surface area contributed by atoms with Crippen molar-refractivity contribution < 1.29 is 14.3 Å². The summed E-state index contributed by atoms with van der Waals surface area (Å²) in [5.74, 6) is 1.25. The van der Waals surface area contributed by atoms with Gasteiger partial charge in [0.15, 0.2) is 0 Å². The van der Waals surface area contributed by atoms with Gasteiger partial charge >= 0.3 is 0 Å². The Bertz CT molecular complexity index is 931. The number of hydrogen-bond acceptors (Lipinski definition) is 7. The molecule has 166 valence electrons. The van der Waals surface area contributed by atoms with Crippen molar-refractivity contribution in [1.82, 2.24) is 24.8 Å². The summed E-state index contributed by atoms with van der Waals surface area (Å²) < 4.78 is 5.10. The number of nitrogens with zero attached hydrogens (tertiary/aromatic N) is 6. The number of amides is 2. The van der Waals surface area contributed by atoms with Gasteiger partial charge in [-0.25, -0.2) is 9.97 Å². The molecule has 1 saturated heterocycles. The zero-order valence-electron chi connectivity index (χ0n) is 18.8. The van der Waals surface area contributed by atoms with Crippen molar-refractivity contribution in [2.75, 3.05) is 52.8 Å². The molecular formula is C22H30N6O3. The van der Waals surface area contributed by atoms with Gasteiger partial charge in [-0.15, -0.1) is 0 Å². The molecule has 1 unspecified atom stereocenters. The number of hydrogen-bond donors (Lipinski definition) is 0. The maximum absolute atomic E-state index is 12.8. The van der Waals surface area contributed by atoms with Gasteiger partial charge in [-0.05, 0) is 19.1 Å². The van der Waals surface area contributed by atoms with Gasteiger partial charge in [-0.2, -0.15) is 0 Å². The number of pyridine rings is 1. The van der Waals surface area contributed by atoms with E-state index in [-0.39, 0.29) is 24.3 Å². The van der Waals surface area contributed by atoms with Crippen LogP contribution in [0.3, 0.4) is 0 Å². The number of carbonyl (C=O) groups is 2. The zero-order chi connectivity index (χ0) is 22.5. The molecular weight excluding hydrogens is 396 g/mol. The molecule has 2 amide bonds. The van der Waals surface area contributed by atoms with Gasteiger partial charge in [0.1, 0.15) is 11.6 Å². The van der Waals surface area contributed by atoms with Gasteiger partial charge in [-0.1, -0.05) is 0 Å². The molecule has 0 saturated carbocycles. The molecule has 31 heavy (non-hydrogen) atoms. The van der Waals surface area contributed by atoms with E-state index in [2.05, 4.69) is 9.97 Å². The van der Waals surface area contributed by atoms with Gasteiger partial charge in [0.05, 0.1) is 24.4 Å². The molecule has 0 aromatic carbocycles. The summed E-state index contributed by atoms with van der Waals surface area (Å²) in [6.45, 7) is 3.83. The number of carbonyl (C=O) groups excluding carboxylic acids is 2. The van der Waals surface area contributed by atoms with E-state index in [0.717, 1.165) is 17.2 Å². The second-order valence-electron chi connectivity index (χ2n) is 8.04. The Morgan fingerprint density at radius 2 is 2.03 bits per heavy atom. The summed E-state index contributed by atoms with van der Waals surface area (Å²) in [4.78, 5) is 44.0. The minimum Gasteiger partial charge on any atom is -0.383 e. The first-order chi connectivity index (χ1) is 14.8. The Labute approximate surface area is 183 Å². The largest absolute Gasteiger partial charge is 0.383 e. The topological polar surface area (TPSA) is 91.8 Å². The summed E-state index contributed by atoms with van der Waals surface area (Å²) in [5.41, 5.74) is 2.20. The van der Waals surface area contributed by atoms with Crippen molar-refractivity contribution >= 4 is 17.6 Å². The van der Waals surface area contributed by atoms with Gasteiger partial charge in [0, 0.05) is 71.6 Å². The smallest absolute Gasteiger partial charge is 0.255 e. The van der Waals surface area contributed by atoms with Crippen molar-refractivity contribution in [3.8, 4) is 0 Å². The lowest BCUT2D eigenvalue weighted by atomic mass is 10.0. The fourth-order valence-electron chi connectivity index (χ4n) is 3.50. The van der Waals surface area contributed by atoms with E-state index in [1.807, 2.05) is 43.0 Å². The molecule has 0 bridgehead atoms. The van der Waals surface area contributed by atoms with Gasteiger partial charge < -0.3 is 19.4 Å². The maximum Gasteiger partial charge on any atom is 0.255 e. The second-order valence-corrected chi connectivity index (χ2v) is 8.04. The second kappa shape index (κ2) is 9.82. The Morgan fingerprint density at radius 1 is 1.26 bits per heavy atom. The third-order valence-electron chi connectivity index (χ3n) is 5.32. The first kappa shape index (κ1) is 22.6. The summed E-state index contributed by atoms with van der Waals surface area (Å²) in [7, 11) is 7.17. The Morgan fingerprint density at radius 3 is 2.68 bits per heavy atom. The molecule has 1 atom stereocenters. The van der Waals surface area contributed by atoms with E-state index in [4.69, 9.17) is 9.72 Å². The summed E-state index contributed by atoms with van der Waals surface area (Å²) >= 11 is 0. The Kier molecular flexibility index (Phi) is 7.17. The van der Waals surface area contributed by atoms with Crippen LogP contribution in [-0.4, -0.2) is 84.5 Å². The van der Waals surface area contributed by atoms with E-state index in [1.54, 1.807) is 31.3 Å². The zero-order valence-corrected chi connectivity index (χ0v) is 18.8. The van der Waals surface area contributed by atoms with Gasteiger partial charge in [-0.3, -0.25) is 14.6 Å². The quantitative estimate of drug-likeness (QED) is 0.631. The highest BCUT2D eigenvalue weighted by Crippen LogP contribution is 2.28. The van der Waals surface area contributed by atoms with Crippen LogP contribution in [0.5, 0.6) is 0 Å². The molecule has 2 aromatic rings. The molecule has 0 spiro atoms. The third kappa shape index (κ3) is 5.55. The number of methoxy groups -OCH3 is 1. The van der Waals surface area contributed by atoms with Crippen molar-refractivity contribution in [2.24, 2.45) is 0 Å². The number of anilines is 1. The first-order valence-corrected chi connectivity index (χ1v) is 10.3. The highest BCUT2D eigenvalue weighted by Gasteiger charge is 2.32. The SMILES string of the molecule is COCCN1CC(c2cc(N(C)C)nc(CN(C)C(=O)c3ccc(C)nc3)n2)CC1=O. The van der Waals surface area contributed by atoms with E-state index in [9.17, 15) is 9.59 Å². The lowest BCUT2D eigenvalue weighted by molar-refractivity contribution is -0.128. The van der Waals surface area contributed by atoms with Crippen molar-refractivity contribution in [3.05, 3.63) is 47.2 Å². The number of ether oxygens (including phenoxy) is 1. The van der Waals surface area contributed by atoms with Crippen LogP contribution in [0.2, 0.25) is 0 Å². The molecule has 2 aromatic heterocycles. The monoisotopic (exact) mass is 426 g/mol. The normalized spacial score (nSPS) is 16.0. The summed E-state index contributed by atoms with van der Waals surface area (Å²) in [6.07, 6.45) is 1.99. The molecule has 9 nitrogen and oxygen atoms in total. The standard InChI is InChI=1S/C22H30N6O3/c1-15-6-7-16(12-23-15)22(30)27(4)14-19-24-18(11-20(25-19)26(2)3)17-10-21(29)28(13-17)8-9-31-5/h6-7,11-12,17H,8-10,13-14H2,1-5H3. The molecule has 1 aliphatic heterocycles. The van der Waals surface area contributed by atoms with Crippen LogP contribution in [0.4, 0.5) is 5.82 Å². The van der Waals surface area contributed by atoms with Crippen LogP contribution >= 0.6 is 0 Å². The summed E-state index contributed by atoms with van der Waals surface area (Å²) in [5, 5.41) is 0. The number of aromatic nitrogens is 3. The van der Waals surface area contributed by atoms with E-state index >= 15 is 0 Å². The molecule has 0 N–H and O–H groups in total. The van der Waals surface area contributed by atoms with E-state index in [0.29, 0.717) is 37.5 Å². The third-order valence-corrected chi connectivity index (χ3v) is 5.32. The summed E-state index contributed by atoms with van der Waals surface area (Å²) in [6, 6.07) is 5.50. The van der Waals surface area contributed by atoms with Crippen LogP contribution < -0.4 is 4.90 Å². The predicted molar refractivity (Wildman–Crippen MR) is 117 cm³/mol. The number of aryl methyl sites for hydroxylation is 1. The highest BCUT2D eigenvalue weighted by molar-refractivity contribution is 5.93. The lowest BCUT2D eigenvalue weighted by Crippen LogP contribution is -2.29. The van der Waals surface area contributed by atoms with Crippen LogP contribution in [0.15, 0.2) is 24.4 Å². The van der Waals surface area contributed by atoms with Crippen LogP contribution in [-0.2, 0) is 16.1 Å². The van der Waals surface area contributed by atoms with E-state index < -0.39 is 0 Å². The van der Waals surface area contributed by atoms with Crippen molar-refractivity contribution in [2.45, 2.75) is 25.8 Å². The average Bonchev–Trinajstić information content (AvgIpc) is 3.12. The number of rotatable bonds is 8. The number of likely N-dealkylation sites (tertiary alicyclic amines) is 1. The molecule has 0 aliphatic carbocycles. The van der Waals surface area contributed by atoms with Crippen LogP contribution in [0, 0.1) is 6.92 Å². The molecule has 1 fully saturated rings. The molecule has 1 aliphatic rings. The van der Waals surface area contributed by atoms with Crippen LogP contribution in [0.1, 0.15) is 39.9 Å². The van der Waals surface area contributed by atoms with E-state index in [1.165, 1.54) is 0 Å². The van der Waals surface area contributed by atoms with Gasteiger partial charge in [0.2, 0.25) is 5.91 Å². The fraction of sp³-hybridized carbons (Fsp3) is 0.500. The first-order valence-electron chi connectivity index (χ1n) is 10.3. The highest BCUT2D eigenvalue weighted by atomic mass is 16.5. The molecule has 0 radical (unpaired) electrons. The fourth-order valence-corrected chi connectivity index (χ4v) is 3.50. The molecule has 3 heterocycles. The Hall–Kier alpha value is -3.07. The Balaban J connectivity index is 1.79. The molecule has 3 rings (SSSR count). The molecule has 9 heteroatoms. The predicted octanol–water partition coefficient (Wildman–Crippen LogP) is 1.48. The van der Waals surface area contributed by atoms with Crippen LogP contribution in [0.25, 0.3) is 0 Å². The average molecular weight is 427 g/mol. The van der Waals surface area contributed by atoms with Crippen molar-refractivity contribution in [3.63, 3.8) is 0 Å². The van der Waals surface area contributed by atoms with Gasteiger partial charge in [0.25, 0.3) is 5.91 Å². The lowest BCUT2D eigenvalue weighted by Gasteiger charge is -2.20.